The predicted molar refractivity (Wildman–Crippen MR) is 131 cm³/mol. The van der Waals surface area contributed by atoms with Crippen molar-refractivity contribution in [2.45, 2.75) is 32.9 Å². The zero-order chi connectivity index (χ0) is 25.1. The van der Waals surface area contributed by atoms with E-state index >= 15 is 4.39 Å². The average molecular weight is 477 g/mol. The number of benzene rings is 1. The predicted octanol–water partition coefficient (Wildman–Crippen LogP) is 3.49. The molecule has 1 amide bonds. The molecule has 5 N–H and O–H groups in total. The van der Waals surface area contributed by atoms with E-state index in [9.17, 15) is 4.79 Å². The number of nitrogens with zero attached hydrogens (tertiary/aromatic N) is 5. The van der Waals surface area contributed by atoms with Gasteiger partial charge < -0.3 is 16.8 Å². The molecule has 3 aromatic heterocycles. The van der Waals surface area contributed by atoms with Crippen LogP contribution in [0.5, 0.6) is 0 Å². The van der Waals surface area contributed by atoms with Gasteiger partial charge >= 0.3 is 0 Å². The molecule has 0 aliphatic carbocycles. The zero-order valence-corrected chi connectivity index (χ0v) is 19.8. The lowest BCUT2D eigenvalue weighted by Gasteiger charge is -2.26. The molecule has 0 spiro atoms. The number of nitrogen functional groups attached to an aromatic ring is 2. The third-order valence-electron chi connectivity index (χ3n) is 6.20. The van der Waals surface area contributed by atoms with Gasteiger partial charge in [0, 0.05) is 42.0 Å². The maximum atomic E-state index is 15.2. The molecule has 10 nitrogen and oxygen atoms in total. The van der Waals surface area contributed by atoms with Gasteiger partial charge in [-0.05, 0) is 43.9 Å². The van der Waals surface area contributed by atoms with Crippen molar-refractivity contribution >= 4 is 39.7 Å². The lowest BCUT2D eigenvalue weighted by molar-refractivity contribution is -0.221. The van der Waals surface area contributed by atoms with Crippen molar-refractivity contribution < 1.29 is 14.0 Å². The number of carbonyl (C=O) groups excluding carboxylic acids is 1. The molecule has 0 saturated heterocycles. The lowest BCUT2D eigenvalue weighted by Crippen LogP contribution is -2.33. The van der Waals surface area contributed by atoms with Crippen LogP contribution in [0.3, 0.4) is 0 Å². The van der Waals surface area contributed by atoms with E-state index in [1.165, 1.54) is 17.5 Å². The number of aromatic nitrogens is 4. The quantitative estimate of drug-likeness (QED) is 0.382. The number of hydrogen-bond donors (Lipinski definition) is 3. The van der Waals surface area contributed by atoms with Crippen molar-refractivity contribution in [2.24, 2.45) is 0 Å². The SMILES string of the molecule is Cc1c(N)cncc1-c1cc2cc(Nc3cc4n(n3)CC(=O)N(C)OC4(C)C)ncc2c(N)c1F. The van der Waals surface area contributed by atoms with Crippen LogP contribution in [0.1, 0.15) is 25.1 Å². The molecule has 0 unspecified atom stereocenters. The first-order valence-electron chi connectivity index (χ1n) is 10.9. The van der Waals surface area contributed by atoms with E-state index in [4.69, 9.17) is 16.3 Å². The number of anilines is 4. The summed E-state index contributed by atoms with van der Waals surface area (Å²) in [6.07, 6.45) is 4.60. The van der Waals surface area contributed by atoms with Crippen LogP contribution in [-0.4, -0.2) is 37.8 Å². The van der Waals surface area contributed by atoms with E-state index in [1.807, 2.05) is 26.8 Å². The van der Waals surface area contributed by atoms with Gasteiger partial charge in [0.25, 0.3) is 5.91 Å². The van der Waals surface area contributed by atoms with E-state index in [-0.39, 0.29) is 18.1 Å². The largest absolute Gasteiger partial charge is 0.397 e. The van der Waals surface area contributed by atoms with Crippen LogP contribution in [0.15, 0.2) is 36.8 Å². The average Bonchev–Trinajstić information content (AvgIpc) is 3.17. The standard InChI is InChI=1S/C24H25FN8O2/c1-12-15(8-28-10-17(12)26)14-5-13-6-19(29-9-16(13)23(27)22(14)25)30-20-7-18-24(2,3)35-32(4)21(34)11-33(18)31-20/h5-10H,11,26-27H2,1-4H3,(H,29,30,31). The molecule has 35 heavy (non-hydrogen) atoms. The number of nitrogens with one attached hydrogen (secondary N) is 1. The minimum absolute atomic E-state index is 0.00592. The Labute approximate surface area is 200 Å². The van der Waals surface area contributed by atoms with Gasteiger partial charge in [-0.25, -0.2) is 14.4 Å². The van der Waals surface area contributed by atoms with Gasteiger partial charge in [-0.2, -0.15) is 5.10 Å². The smallest absolute Gasteiger partial charge is 0.267 e. The van der Waals surface area contributed by atoms with Crippen LogP contribution in [0.4, 0.5) is 27.4 Å². The van der Waals surface area contributed by atoms with Crippen LogP contribution in [0.25, 0.3) is 21.9 Å². The fraction of sp³-hybridized carbons (Fsp3) is 0.250. The summed E-state index contributed by atoms with van der Waals surface area (Å²) in [5.41, 5.74) is 14.1. The first-order valence-corrected chi connectivity index (χ1v) is 10.9. The number of carbonyl (C=O) groups is 1. The monoisotopic (exact) mass is 476 g/mol. The van der Waals surface area contributed by atoms with E-state index in [0.29, 0.717) is 39.2 Å². The van der Waals surface area contributed by atoms with Crippen molar-refractivity contribution in [2.75, 3.05) is 23.8 Å². The van der Waals surface area contributed by atoms with E-state index < -0.39 is 11.4 Å². The Balaban J connectivity index is 1.54. The normalized spacial score (nSPS) is 15.2. The molecule has 1 aliphatic heterocycles. The highest BCUT2D eigenvalue weighted by Gasteiger charge is 2.34. The van der Waals surface area contributed by atoms with Crippen LogP contribution in [0, 0.1) is 12.7 Å². The maximum absolute atomic E-state index is 15.2. The Kier molecular flexibility index (Phi) is 5.09. The minimum atomic E-state index is -0.769. The molecule has 11 heteroatoms. The van der Waals surface area contributed by atoms with Crippen molar-refractivity contribution in [3.8, 4) is 11.1 Å². The molecule has 0 radical (unpaired) electrons. The number of likely N-dealkylation sites (N-methyl/N-ethyl adjacent to an activating group) is 1. The molecule has 0 fully saturated rings. The Morgan fingerprint density at radius 3 is 2.66 bits per heavy atom. The van der Waals surface area contributed by atoms with Gasteiger partial charge in [-0.3, -0.25) is 19.3 Å². The van der Waals surface area contributed by atoms with Gasteiger partial charge in [-0.1, -0.05) is 0 Å². The Bertz CT molecular complexity index is 1500. The summed E-state index contributed by atoms with van der Waals surface area (Å²) in [7, 11) is 1.58. The second-order valence-corrected chi connectivity index (χ2v) is 9.03. The molecule has 1 aromatic carbocycles. The molecule has 0 bridgehead atoms. The summed E-state index contributed by atoms with van der Waals surface area (Å²) >= 11 is 0. The highest BCUT2D eigenvalue weighted by Crippen LogP contribution is 2.36. The molecular weight excluding hydrogens is 451 g/mol. The molecule has 1 aliphatic rings. The molecule has 4 heterocycles. The minimum Gasteiger partial charge on any atom is -0.397 e. The Morgan fingerprint density at radius 1 is 1.11 bits per heavy atom. The topological polar surface area (TPSA) is 137 Å². The summed E-state index contributed by atoms with van der Waals surface area (Å²) in [6, 6.07) is 5.27. The third-order valence-corrected chi connectivity index (χ3v) is 6.20. The zero-order valence-electron chi connectivity index (χ0n) is 19.8. The van der Waals surface area contributed by atoms with Crippen LogP contribution >= 0.6 is 0 Å². The number of pyridine rings is 2. The van der Waals surface area contributed by atoms with Crippen molar-refractivity contribution in [3.63, 3.8) is 0 Å². The first-order chi connectivity index (χ1) is 16.5. The molecule has 180 valence electrons. The summed E-state index contributed by atoms with van der Waals surface area (Å²) in [5, 5.41) is 10.1. The first kappa shape index (κ1) is 22.5. The number of amides is 1. The van der Waals surface area contributed by atoms with Gasteiger partial charge in [0.2, 0.25) is 0 Å². The summed E-state index contributed by atoms with van der Waals surface area (Å²) in [4.78, 5) is 26.5. The van der Waals surface area contributed by atoms with Crippen molar-refractivity contribution in [1.29, 1.82) is 0 Å². The number of halogens is 1. The second kappa shape index (κ2) is 7.91. The van der Waals surface area contributed by atoms with Crippen molar-refractivity contribution in [1.82, 2.24) is 24.8 Å². The van der Waals surface area contributed by atoms with E-state index in [2.05, 4.69) is 20.4 Å². The molecule has 0 saturated carbocycles. The molecule has 4 aromatic rings. The molecule has 0 atom stereocenters. The summed E-state index contributed by atoms with van der Waals surface area (Å²) in [6.45, 7) is 5.58. The number of rotatable bonds is 3. The lowest BCUT2D eigenvalue weighted by atomic mass is 9.97. The fourth-order valence-corrected chi connectivity index (χ4v) is 4.26. The van der Waals surface area contributed by atoms with Gasteiger partial charge in [0.05, 0.1) is 23.3 Å². The number of hydrogen-bond acceptors (Lipinski definition) is 8. The highest BCUT2D eigenvalue weighted by molar-refractivity contribution is 5.98. The summed E-state index contributed by atoms with van der Waals surface area (Å²) in [5.74, 6) is 0.205. The van der Waals surface area contributed by atoms with Gasteiger partial charge in [0.1, 0.15) is 18.0 Å². The highest BCUT2D eigenvalue weighted by atomic mass is 19.1. The van der Waals surface area contributed by atoms with E-state index in [1.54, 1.807) is 30.1 Å². The van der Waals surface area contributed by atoms with Crippen LogP contribution < -0.4 is 16.8 Å². The Hall–Kier alpha value is -4.25. The summed E-state index contributed by atoms with van der Waals surface area (Å²) < 4.78 is 16.8. The van der Waals surface area contributed by atoms with Crippen LogP contribution in [-0.2, 0) is 21.8 Å². The second-order valence-electron chi connectivity index (χ2n) is 9.03. The van der Waals surface area contributed by atoms with Gasteiger partial charge in [-0.15, -0.1) is 0 Å². The number of hydroxylamine groups is 2. The van der Waals surface area contributed by atoms with Crippen LogP contribution in [0.2, 0.25) is 0 Å². The van der Waals surface area contributed by atoms with Crippen molar-refractivity contribution in [3.05, 3.63) is 53.9 Å². The van der Waals surface area contributed by atoms with Gasteiger partial charge in [0.15, 0.2) is 11.6 Å². The fourth-order valence-electron chi connectivity index (χ4n) is 4.26. The number of nitrogens with two attached hydrogens (primary N) is 2. The molecule has 5 rings (SSSR count). The number of fused-ring (bicyclic) bond motifs is 2. The maximum Gasteiger partial charge on any atom is 0.267 e. The van der Waals surface area contributed by atoms with E-state index in [0.717, 1.165) is 11.3 Å². The Morgan fingerprint density at radius 2 is 1.89 bits per heavy atom. The molecular formula is C24H25FN8O2. The third kappa shape index (κ3) is 3.79.